The minimum absolute atomic E-state index is 0.0509. The van der Waals surface area contributed by atoms with E-state index in [0.717, 1.165) is 5.56 Å². The van der Waals surface area contributed by atoms with Crippen LogP contribution in [0, 0.1) is 12.7 Å². The summed E-state index contributed by atoms with van der Waals surface area (Å²) in [7, 11) is 1.54. The van der Waals surface area contributed by atoms with Gasteiger partial charge < -0.3 is 9.84 Å². The number of ketones is 1. The van der Waals surface area contributed by atoms with Gasteiger partial charge >= 0.3 is 0 Å². The van der Waals surface area contributed by atoms with Crippen molar-refractivity contribution in [2.24, 2.45) is 0 Å². The molecule has 0 bridgehead atoms. The molecule has 5 nitrogen and oxygen atoms in total. The fraction of sp³-hybridized carbons (Fsp3) is 0.120. The number of benzene rings is 3. The number of Topliss-reactive ketones (excluding diaryl/α,β-unsaturated/α-hetero) is 1. The Hall–Kier alpha value is -3.93. The molecule has 0 spiro atoms. The van der Waals surface area contributed by atoms with Gasteiger partial charge in [-0.05, 0) is 54.4 Å². The Kier molecular flexibility index (Phi) is 5.29. The van der Waals surface area contributed by atoms with Gasteiger partial charge in [-0.3, -0.25) is 14.5 Å². The summed E-state index contributed by atoms with van der Waals surface area (Å²) in [6.45, 7) is 1.82. The minimum Gasteiger partial charge on any atom is -0.507 e. The third-order valence-electron chi connectivity index (χ3n) is 5.31. The highest BCUT2D eigenvalue weighted by Gasteiger charge is 2.47. The first-order valence-electron chi connectivity index (χ1n) is 9.69. The van der Waals surface area contributed by atoms with Crippen molar-refractivity contribution in [1.82, 2.24) is 0 Å². The number of carbonyl (C=O) groups is 2. The number of hydrogen-bond donors (Lipinski definition) is 1. The third-order valence-corrected chi connectivity index (χ3v) is 5.31. The second-order valence-corrected chi connectivity index (χ2v) is 7.24. The van der Waals surface area contributed by atoms with E-state index in [1.54, 1.807) is 55.6 Å². The Morgan fingerprint density at radius 1 is 1.00 bits per heavy atom. The lowest BCUT2D eigenvalue weighted by Gasteiger charge is -2.25. The van der Waals surface area contributed by atoms with Crippen LogP contribution in [0.1, 0.15) is 22.7 Å². The monoisotopic (exact) mass is 417 g/mol. The summed E-state index contributed by atoms with van der Waals surface area (Å²) in [5.74, 6) is -1.85. The van der Waals surface area contributed by atoms with Gasteiger partial charge in [0, 0.05) is 11.3 Å². The van der Waals surface area contributed by atoms with Crippen molar-refractivity contribution in [2.45, 2.75) is 13.0 Å². The summed E-state index contributed by atoms with van der Waals surface area (Å²) in [5.41, 5.74) is 1.96. The van der Waals surface area contributed by atoms with Gasteiger partial charge in [0.05, 0.1) is 18.7 Å². The third kappa shape index (κ3) is 3.57. The summed E-state index contributed by atoms with van der Waals surface area (Å²) in [5, 5.41) is 11.1. The molecule has 156 valence electrons. The Bertz CT molecular complexity index is 1200. The number of halogens is 1. The molecule has 0 aliphatic carbocycles. The summed E-state index contributed by atoms with van der Waals surface area (Å²) in [4.78, 5) is 27.3. The summed E-state index contributed by atoms with van der Waals surface area (Å²) in [6.07, 6.45) is 0. The molecule has 1 amide bonds. The molecule has 1 atom stereocenters. The van der Waals surface area contributed by atoms with Crippen LogP contribution in [0.4, 0.5) is 10.1 Å². The van der Waals surface area contributed by atoms with Gasteiger partial charge in [0.15, 0.2) is 0 Å². The molecule has 1 N–H and O–H groups in total. The zero-order chi connectivity index (χ0) is 22.1. The molecule has 1 fully saturated rings. The van der Waals surface area contributed by atoms with Gasteiger partial charge in [-0.2, -0.15) is 0 Å². The fourth-order valence-corrected chi connectivity index (χ4v) is 3.86. The maximum absolute atomic E-state index is 13.9. The first-order valence-corrected chi connectivity index (χ1v) is 9.69. The van der Waals surface area contributed by atoms with Crippen LogP contribution >= 0.6 is 0 Å². The molecule has 1 unspecified atom stereocenters. The minimum atomic E-state index is -0.898. The Balaban J connectivity index is 1.93. The van der Waals surface area contributed by atoms with Crippen molar-refractivity contribution in [3.05, 3.63) is 101 Å². The fourth-order valence-electron chi connectivity index (χ4n) is 3.86. The number of anilines is 1. The van der Waals surface area contributed by atoms with Gasteiger partial charge in [-0.25, -0.2) is 4.39 Å². The second kappa shape index (κ2) is 8.07. The summed E-state index contributed by atoms with van der Waals surface area (Å²) >= 11 is 0. The number of aryl methyl sites for hydroxylation is 1. The molecule has 4 rings (SSSR count). The van der Waals surface area contributed by atoms with Crippen LogP contribution in [0.5, 0.6) is 5.75 Å². The maximum atomic E-state index is 13.9. The number of amides is 1. The van der Waals surface area contributed by atoms with E-state index in [1.807, 2.05) is 13.0 Å². The molecule has 0 saturated carbocycles. The van der Waals surface area contributed by atoms with Gasteiger partial charge in [-0.1, -0.05) is 36.4 Å². The van der Waals surface area contributed by atoms with Gasteiger partial charge in [0.1, 0.15) is 17.3 Å². The van der Waals surface area contributed by atoms with Crippen LogP contribution in [0.15, 0.2) is 78.4 Å². The van der Waals surface area contributed by atoms with E-state index >= 15 is 0 Å². The lowest BCUT2D eigenvalue weighted by molar-refractivity contribution is -0.132. The molecule has 0 aromatic heterocycles. The first-order chi connectivity index (χ1) is 14.9. The Morgan fingerprint density at radius 3 is 2.39 bits per heavy atom. The van der Waals surface area contributed by atoms with Crippen LogP contribution < -0.4 is 9.64 Å². The Labute approximate surface area is 179 Å². The zero-order valence-corrected chi connectivity index (χ0v) is 17.0. The van der Waals surface area contributed by atoms with Crippen LogP contribution in [0.2, 0.25) is 0 Å². The van der Waals surface area contributed by atoms with E-state index in [0.29, 0.717) is 16.9 Å². The molecule has 1 aliphatic heterocycles. The van der Waals surface area contributed by atoms with E-state index in [4.69, 9.17) is 4.74 Å². The average molecular weight is 417 g/mol. The van der Waals surface area contributed by atoms with Crippen LogP contribution in [0.25, 0.3) is 5.76 Å². The first kappa shape index (κ1) is 20.3. The zero-order valence-electron chi connectivity index (χ0n) is 17.0. The highest BCUT2D eigenvalue weighted by atomic mass is 19.1. The molecular weight excluding hydrogens is 397 g/mol. The molecule has 3 aromatic rings. The quantitative estimate of drug-likeness (QED) is 0.377. The van der Waals surface area contributed by atoms with Crippen molar-refractivity contribution >= 4 is 23.1 Å². The van der Waals surface area contributed by atoms with Gasteiger partial charge in [0.25, 0.3) is 11.7 Å². The average Bonchev–Trinajstić information content (AvgIpc) is 3.04. The summed E-state index contributed by atoms with van der Waals surface area (Å²) in [6, 6.07) is 18.5. The van der Waals surface area contributed by atoms with Crippen molar-refractivity contribution in [3.63, 3.8) is 0 Å². The van der Waals surface area contributed by atoms with Crippen molar-refractivity contribution in [3.8, 4) is 5.75 Å². The highest BCUT2D eigenvalue weighted by molar-refractivity contribution is 6.51. The number of hydrogen-bond acceptors (Lipinski definition) is 4. The van der Waals surface area contributed by atoms with Crippen LogP contribution in [-0.4, -0.2) is 23.9 Å². The van der Waals surface area contributed by atoms with Gasteiger partial charge in [0.2, 0.25) is 0 Å². The predicted molar refractivity (Wildman–Crippen MR) is 115 cm³/mol. The van der Waals surface area contributed by atoms with E-state index in [-0.39, 0.29) is 17.0 Å². The van der Waals surface area contributed by atoms with E-state index in [2.05, 4.69) is 0 Å². The SMILES string of the molecule is COc1ccc(/C(O)=C2\C(=O)C(=O)N(c3cccc(F)c3)C2c2ccccc2)cc1C. The highest BCUT2D eigenvalue weighted by Crippen LogP contribution is 2.42. The number of ether oxygens (including phenoxy) is 1. The number of aliphatic hydroxyl groups excluding tert-OH is 1. The van der Waals surface area contributed by atoms with Crippen LogP contribution in [-0.2, 0) is 9.59 Å². The number of rotatable bonds is 4. The molecule has 1 heterocycles. The normalized spacial score (nSPS) is 17.8. The van der Waals surface area contributed by atoms with Crippen molar-refractivity contribution < 1.29 is 23.8 Å². The second-order valence-electron chi connectivity index (χ2n) is 7.24. The lowest BCUT2D eigenvalue weighted by Crippen LogP contribution is -2.29. The maximum Gasteiger partial charge on any atom is 0.300 e. The molecule has 6 heteroatoms. The van der Waals surface area contributed by atoms with Gasteiger partial charge in [-0.15, -0.1) is 0 Å². The number of nitrogens with zero attached hydrogens (tertiary/aromatic N) is 1. The van der Waals surface area contributed by atoms with E-state index < -0.39 is 23.5 Å². The molecule has 0 radical (unpaired) electrons. The van der Waals surface area contributed by atoms with Crippen molar-refractivity contribution in [1.29, 1.82) is 0 Å². The molecule has 1 aliphatic rings. The van der Waals surface area contributed by atoms with Crippen LogP contribution in [0.3, 0.4) is 0 Å². The number of methoxy groups -OCH3 is 1. The molecular formula is C25H20FNO4. The number of carbonyl (C=O) groups excluding carboxylic acids is 2. The van der Waals surface area contributed by atoms with E-state index in [1.165, 1.54) is 23.1 Å². The standard InChI is InChI=1S/C25H20FNO4/c1-15-13-17(11-12-20(15)31-2)23(28)21-22(16-7-4-3-5-8-16)27(25(30)24(21)29)19-10-6-9-18(26)14-19/h3-14,22,28H,1-2H3/b23-21+. The Morgan fingerprint density at radius 2 is 1.74 bits per heavy atom. The molecule has 1 saturated heterocycles. The topological polar surface area (TPSA) is 66.8 Å². The number of aliphatic hydroxyl groups is 1. The summed E-state index contributed by atoms with van der Waals surface area (Å²) < 4.78 is 19.2. The molecule has 3 aromatic carbocycles. The largest absolute Gasteiger partial charge is 0.507 e. The smallest absolute Gasteiger partial charge is 0.300 e. The lowest BCUT2D eigenvalue weighted by atomic mass is 9.94. The predicted octanol–water partition coefficient (Wildman–Crippen LogP) is 4.77. The van der Waals surface area contributed by atoms with Crippen molar-refractivity contribution in [2.75, 3.05) is 12.0 Å². The van der Waals surface area contributed by atoms with E-state index in [9.17, 15) is 19.1 Å². The molecule has 31 heavy (non-hydrogen) atoms.